The van der Waals surface area contributed by atoms with Gasteiger partial charge in [0.05, 0.1) is 12.5 Å². The van der Waals surface area contributed by atoms with Crippen LogP contribution < -0.4 is 14.8 Å². The molecule has 1 spiro atoms. The molecule has 1 aliphatic carbocycles. The molecule has 8 heteroatoms. The molecule has 174 valence electrons. The van der Waals surface area contributed by atoms with Crippen molar-refractivity contribution in [1.29, 1.82) is 0 Å². The van der Waals surface area contributed by atoms with Crippen LogP contribution in [0.15, 0.2) is 24.3 Å². The lowest BCUT2D eigenvalue weighted by Gasteiger charge is -2.36. The van der Waals surface area contributed by atoms with E-state index in [2.05, 4.69) is 29.4 Å². The normalized spacial score (nSPS) is 26.3. The molecule has 0 fully saturated rings. The van der Waals surface area contributed by atoms with Crippen LogP contribution in [0.4, 0.5) is 4.79 Å². The highest BCUT2D eigenvalue weighted by Crippen LogP contribution is 2.55. The van der Waals surface area contributed by atoms with Crippen LogP contribution in [0.25, 0.3) is 0 Å². The molecule has 0 aromatic heterocycles. The van der Waals surface area contributed by atoms with Crippen molar-refractivity contribution in [3.8, 4) is 11.5 Å². The van der Waals surface area contributed by atoms with E-state index in [1.54, 1.807) is 27.9 Å². The van der Waals surface area contributed by atoms with Crippen LogP contribution in [-0.4, -0.2) is 62.0 Å². The van der Waals surface area contributed by atoms with E-state index in [9.17, 15) is 9.59 Å². The van der Waals surface area contributed by atoms with E-state index in [4.69, 9.17) is 18.9 Å². The predicted molar refractivity (Wildman–Crippen MR) is 118 cm³/mol. The third kappa shape index (κ3) is 4.28. The minimum Gasteiger partial charge on any atom is -0.493 e. The van der Waals surface area contributed by atoms with Crippen LogP contribution in [0.3, 0.4) is 0 Å². The Labute approximate surface area is 188 Å². The van der Waals surface area contributed by atoms with Gasteiger partial charge in [-0.25, -0.2) is 4.79 Å². The standard InChI is InChI=1S/C24H32N2O6/c1-23(2,3)32-22(28)25-13-19(27)30-16-8-9-24-10-11-26(4)14-15-6-7-17(29-5)21(20(15)24)31-18(24)12-16/h6-9,16,18H,10-14H2,1-5H3,(H,25,28)/t16-,18-,24-/m1/s1. The number of esters is 1. The molecule has 1 aromatic carbocycles. The molecule has 3 aliphatic rings. The van der Waals surface area contributed by atoms with Crippen LogP contribution in [0, 0.1) is 0 Å². The fourth-order valence-electron chi connectivity index (χ4n) is 4.82. The van der Waals surface area contributed by atoms with Crippen molar-refractivity contribution >= 4 is 12.1 Å². The number of hydrogen-bond donors (Lipinski definition) is 1. The lowest BCUT2D eigenvalue weighted by Crippen LogP contribution is -2.44. The molecule has 1 aromatic rings. The number of nitrogens with one attached hydrogen (secondary N) is 1. The Morgan fingerprint density at radius 1 is 1.31 bits per heavy atom. The van der Waals surface area contributed by atoms with E-state index in [-0.39, 0.29) is 18.1 Å². The van der Waals surface area contributed by atoms with Crippen LogP contribution >= 0.6 is 0 Å². The average molecular weight is 445 g/mol. The number of methoxy groups -OCH3 is 1. The van der Waals surface area contributed by atoms with E-state index >= 15 is 0 Å². The van der Waals surface area contributed by atoms with E-state index in [1.165, 1.54) is 11.1 Å². The van der Waals surface area contributed by atoms with Gasteiger partial charge in [0, 0.05) is 18.5 Å². The van der Waals surface area contributed by atoms with E-state index < -0.39 is 23.8 Å². The lowest BCUT2D eigenvalue weighted by atomic mass is 9.69. The summed E-state index contributed by atoms with van der Waals surface area (Å²) in [6.45, 7) is 6.83. The third-order valence-electron chi connectivity index (χ3n) is 6.19. The van der Waals surface area contributed by atoms with Gasteiger partial charge < -0.3 is 29.2 Å². The first-order valence-electron chi connectivity index (χ1n) is 11.0. The maximum absolute atomic E-state index is 12.3. The second-order valence-corrected chi connectivity index (χ2v) is 9.74. The number of benzene rings is 1. The first-order valence-corrected chi connectivity index (χ1v) is 11.0. The van der Waals surface area contributed by atoms with E-state index in [0.29, 0.717) is 6.42 Å². The molecular formula is C24H32N2O6. The van der Waals surface area contributed by atoms with Crippen LogP contribution in [0.1, 0.15) is 44.7 Å². The Hall–Kier alpha value is -2.74. The SMILES string of the molecule is COc1ccc2c3c1O[C@@H]1C[C@H](OC(=O)CNC(=O)OC(C)(C)C)C=C[C@]31CCN(C)C2. The van der Waals surface area contributed by atoms with Gasteiger partial charge in [-0.05, 0) is 58.5 Å². The molecule has 0 bridgehead atoms. The minimum atomic E-state index is -0.649. The van der Waals surface area contributed by atoms with Crippen molar-refractivity contribution in [2.45, 2.75) is 63.4 Å². The molecule has 0 saturated heterocycles. The molecule has 0 unspecified atom stereocenters. The molecule has 2 aliphatic heterocycles. The highest BCUT2D eigenvalue weighted by Gasteiger charge is 2.53. The summed E-state index contributed by atoms with van der Waals surface area (Å²) >= 11 is 0. The summed E-state index contributed by atoms with van der Waals surface area (Å²) in [5.41, 5.74) is 1.54. The number of carbonyl (C=O) groups is 2. The van der Waals surface area contributed by atoms with Gasteiger partial charge in [-0.1, -0.05) is 12.1 Å². The Balaban J connectivity index is 1.47. The Bertz CT molecular complexity index is 937. The molecular weight excluding hydrogens is 412 g/mol. The topological polar surface area (TPSA) is 86.3 Å². The van der Waals surface area contributed by atoms with Gasteiger partial charge in [0.2, 0.25) is 0 Å². The summed E-state index contributed by atoms with van der Waals surface area (Å²) in [5.74, 6) is 1.01. The second kappa shape index (κ2) is 8.31. The summed E-state index contributed by atoms with van der Waals surface area (Å²) in [4.78, 5) is 26.4. The number of amides is 1. The maximum Gasteiger partial charge on any atom is 0.408 e. The quantitative estimate of drug-likeness (QED) is 0.564. The van der Waals surface area contributed by atoms with Crippen molar-refractivity contribution in [3.63, 3.8) is 0 Å². The van der Waals surface area contributed by atoms with Crippen LogP contribution in [0.5, 0.6) is 11.5 Å². The summed E-state index contributed by atoms with van der Waals surface area (Å²) < 4.78 is 22.8. The zero-order chi connectivity index (χ0) is 23.1. The molecule has 1 N–H and O–H groups in total. The second-order valence-electron chi connectivity index (χ2n) is 9.74. The monoisotopic (exact) mass is 444 g/mol. The molecule has 32 heavy (non-hydrogen) atoms. The number of nitrogens with zero attached hydrogens (tertiary/aromatic N) is 1. The van der Waals surface area contributed by atoms with Gasteiger partial charge in [-0.2, -0.15) is 0 Å². The average Bonchev–Trinajstić information content (AvgIpc) is 2.97. The summed E-state index contributed by atoms with van der Waals surface area (Å²) in [6, 6.07) is 4.08. The molecule has 3 atom stereocenters. The molecule has 0 radical (unpaired) electrons. The molecule has 2 heterocycles. The van der Waals surface area contributed by atoms with E-state index in [0.717, 1.165) is 31.0 Å². The number of hydrogen-bond acceptors (Lipinski definition) is 7. The minimum absolute atomic E-state index is 0.152. The smallest absolute Gasteiger partial charge is 0.408 e. The molecule has 0 saturated carbocycles. The number of rotatable bonds is 4. The summed E-state index contributed by atoms with van der Waals surface area (Å²) in [7, 11) is 3.77. The summed E-state index contributed by atoms with van der Waals surface area (Å²) in [5, 5.41) is 2.44. The number of ether oxygens (including phenoxy) is 4. The highest BCUT2D eigenvalue weighted by atomic mass is 16.6. The first kappa shape index (κ1) is 22.5. The zero-order valence-electron chi connectivity index (χ0n) is 19.4. The van der Waals surface area contributed by atoms with Gasteiger partial charge in [-0.3, -0.25) is 4.79 Å². The summed E-state index contributed by atoms with van der Waals surface area (Å²) in [6.07, 6.45) is 4.32. The number of alkyl carbamates (subject to hydrolysis) is 1. The molecule has 4 rings (SSSR count). The van der Waals surface area contributed by atoms with E-state index in [1.807, 2.05) is 12.1 Å². The third-order valence-corrected chi connectivity index (χ3v) is 6.19. The van der Waals surface area contributed by atoms with Crippen molar-refractivity contribution in [2.24, 2.45) is 0 Å². The lowest BCUT2D eigenvalue weighted by molar-refractivity contribution is -0.147. The highest BCUT2D eigenvalue weighted by molar-refractivity contribution is 5.78. The van der Waals surface area contributed by atoms with Crippen molar-refractivity contribution in [1.82, 2.24) is 10.2 Å². The zero-order valence-corrected chi connectivity index (χ0v) is 19.4. The van der Waals surface area contributed by atoms with Gasteiger partial charge in [0.15, 0.2) is 11.5 Å². The van der Waals surface area contributed by atoms with Gasteiger partial charge in [0.1, 0.15) is 24.4 Å². The Kier molecular flexibility index (Phi) is 5.83. The van der Waals surface area contributed by atoms with Crippen LogP contribution in [-0.2, 0) is 26.2 Å². The Morgan fingerprint density at radius 2 is 2.09 bits per heavy atom. The fourth-order valence-corrected chi connectivity index (χ4v) is 4.82. The van der Waals surface area contributed by atoms with Crippen molar-refractivity contribution in [3.05, 3.63) is 35.4 Å². The first-order chi connectivity index (χ1) is 15.1. The number of carbonyl (C=O) groups excluding carboxylic acids is 2. The fraction of sp³-hybridized carbons (Fsp3) is 0.583. The molecule has 8 nitrogen and oxygen atoms in total. The van der Waals surface area contributed by atoms with Gasteiger partial charge in [-0.15, -0.1) is 0 Å². The Morgan fingerprint density at radius 3 is 2.81 bits per heavy atom. The van der Waals surface area contributed by atoms with Gasteiger partial charge >= 0.3 is 12.1 Å². The largest absolute Gasteiger partial charge is 0.493 e. The maximum atomic E-state index is 12.3. The van der Waals surface area contributed by atoms with Gasteiger partial charge in [0.25, 0.3) is 0 Å². The van der Waals surface area contributed by atoms with Crippen LogP contribution in [0.2, 0.25) is 0 Å². The predicted octanol–water partition coefficient (Wildman–Crippen LogP) is 2.93. The van der Waals surface area contributed by atoms with Crippen molar-refractivity contribution in [2.75, 3.05) is 27.2 Å². The molecule has 1 amide bonds. The van der Waals surface area contributed by atoms with Crippen molar-refractivity contribution < 1.29 is 28.5 Å².